The number of imide groups is 1. The number of hydrogen-bond acceptors (Lipinski definition) is 11. The van der Waals surface area contributed by atoms with Crippen molar-refractivity contribution in [2.24, 2.45) is 11.7 Å². The number of benzene rings is 6. The second-order valence-corrected chi connectivity index (χ2v) is 18.4. The predicted molar refractivity (Wildman–Crippen MR) is 267 cm³/mol. The molecule has 0 radical (unpaired) electrons. The number of hydrogen-bond donors (Lipinski definition) is 5. The smallest absolute Gasteiger partial charge is 0.329 e. The van der Waals surface area contributed by atoms with Crippen molar-refractivity contribution in [1.29, 1.82) is 0 Å². The summed E-state index contributed by atoms with van der Waals surface area (Å²) in [5.74, 6) is 2.54. The van der Waals surface area contributed by atoms with E-state index in [1.807, 2.05) is 120 Å². The number of amides is 6. The first kappa shape index (κ1) is 46.4. The molecule has 0 saturated carbocycles. The van der Waals surface area contributed by atoms with Crippen LogP contribution in [0.5, 0.6) is 5.75 Å². The number of carbonyl (C=O) groups is 5. The Morgan fingerprint density at radius 2 is 1.52 bits per heavy atom. The average molecular weight is 966 g/mol. The number of anilines is 2. The van der Waals surface area contributed by atoms with Crippen molar-refractivity contribution in [2.75, 3.05) is 30.0 Å². The fraction of sp³-hybridized carbons (Fsp3) is 0.200. The highest BCUT2D eigenvalue weighted by molar-refractivity contribution is 7.22. The minimum Gasteiger partial charge on any atom is -0.491 e. The maximum atomic E-state index is 16.7. The van der Waals surface area contributed by atoms with E-state index in [4.69, 9.17) is 20.2 Å². The first-order chi connectivity index (χ1) is 34.6. The monoisotopic (exact) mass is 965 g/mol. The van der Waals surface area contributed by atoms with Gasteiger partial charge >= 0.3 is 18.0 Å². The SMILES string of the molecule is CC(NC(=O)N1C(=O)C2(c3cc(C#CCNC(N)=O)ccc31)C(C(=O)Nc1nc3ccccc3s1)C1C(=O)OC(c3ccccc3)C(c3ccccc3)N1C2c1ccc(OCCO)cc1)c1ccccc1. The number of aliphatic hydroxyl groups excluding tert-OH is 1. The zero-order valence-electron chi connectivity index (χ0n) is 38.2. The van der Waals surface area contributed by atoms with E-state index in [0.717, 1.165) is 20.7 Å². The van der Waals surface area contributed by atoms with Gasteiger partial charge in [0.2, 0.25) is 11.8 Å². The summed E-state index contributed by atoms with van der Waals surface area (Å²) in [5, 5.41) is 18.4. The van der Waals surface area contributed by atoms with Crippen LogP contribution in [0.4, 0.5) is 20.4 Å². The lowest BCUT2D eigenvalue weighted by Gasteiger charge is -2.46. The van der Waals surface area contributed by atoms with Crippen LogP contribution in [-0.2, 0) is 24.5 Å². The van der Waals surface area contributed by atoms with E-state index in [2.05, 4.69) is 27.8 Å². The number of nitrogens with zero attached hydrogens (tertiary/aromatic N) is 3. The van der Waals surface area contributed by atoms with E-state index in [-0.39, 0.29) is 36.1 Å². The number of carbonyl (C=O) groups excluding carboxylic acids is 5. The third-order valence-corrected chi connectivity index (χ3v) is 14.2. The number of thiazole rings is 1. The quantitative estimate of drug-likeness (QED) is 0.0639. The van der Waals surface area contributed by atoms with Gasteiger partial charge < -0.3 is 36.3 Å². The highest BCUT2D eigenvalue weighted by atomic mass is 32.1. The molecule has 3 aliphatic heterocycles. The normalized spacial score (nSPS) is 21.6. The first-order valence-electron chi connectivity index (χ1n) is 23.0. The van der Waals surface area contributed by atoms with Crippen molar-refractivity contribution < 1.29 is 38.6 Å². The fourth-order valence-corrected chi connectivity index (χ4v) is 11.2. The summed E-state index contributed by atoms with van der Waals surface area (Å²) in [6.45, 7) is 1.50. The van der Waals surface area contributed by atoms with Gasteiger partial charge in [-0.05, 0) is 77.2 Å². The van der Waals surface area contributed by atoms with E-state index < -0.39 is 71.5 Å². The van der Waals surface area contributed by atoms with Crippen LogP contribution in [0.2, 0.25) is 0 Å². The Morgan fingerprint density at radius 1 is 0.845 bits per heavy atom. The van der Waals surface area contributed by atoms with Crippen molar-refractivity contribution >= 4 is 62.2 Å². The average Bonchev–Trinajstić information content (AvgIpc) is 4.03. The van der Waals surface area contributed by atoms with E-state index in [1.165, 1.54) is 11.3 Å². The zero-order valence-corrected chi connectivity index (χ0v) is 39.0. The largest absolute Gasteiger partial charge is 0.491 e. The number of primary amides is 1. The second kappa shape index (κ2) is 19.6. The van der Waals surface area contributed by atoms with E-state index >= 15 is 19.2 Å². The molecule has 7 unspecified atom stereocenters. The van der Waals surface area contributed by atoms with Crippen molar-refractivity contribution in [3.8, 4) is 17.6 Å². The molecule has 0 aliphatic carbocycles. The summed E-state index contributed by atoms with van der Waals surface area (Å²) < 4.78 is 13.2. The first-order valence-corrected chi connectivity index (χ1v) is 23.8. The predicted octanol–water partition coefficient (Wildman–Crippen LogP) is 7.46. The van der Waals surface area contributed by atoms with E-state index in [1.54, 1.807) is 49.4 Å². The topological polar surface area (TPSA) is 206 Å². The summed E-state index contributed by atoms with van der Waals surface area (Å²) in [5.41, 5.74) is 7.38. The zero-order chi connectivity index (χ0) is 49.2. The molecule has 6 N–H and O–H groups in total. The number of aromatic nitrogens is 1. The Balaban J connectivity index is 1.25. The van der Waals surface area contributed by atoms with Crippen LogP contribution >= 0.6 is 11.3 Å². The fourth-order valence-electron chi connectivity index (χ4n) is 10.4. The summed E-state index contributed by atoms with van der Waals surface area (Å²) >= 11 is 1.24. The van der Waals surface area contributed by atoms with Crippen LogP contribution in [0.3, 0.4) is 0 Å². The maximum absolute atomic E-state index is 16.7. The van der Waals surface area contributed by atoms with Gasteiger partial charge in [-0.25, -0.2) is 19.5 Å². The molecule has 71 heavy (non-hydrogen) atoms. The van der Waals surface area contributed by atoms with Crippen LogP contribution in [0, 0.1) is 17.8 Å². The lowest BCUT2D eigenvalue weighted by molar-refractivity contribution is -0.177. The molecule has 6 aromatic carbocycles. The summed E-state index contributed by atoms with van der Waals surface area (Å²) in [6.07, 6.45) is -0.947. The second-order valence-electron chi connectivity index (χ2n) is 17.4. The molecule has 3 aliphatic rings. The number of rotatable bonds is 11. The number of ether oxygens (including phenoxy) is 2. The molecule has 1 aromatic heterocycles. The van der Waals surface area contributed by atoms with Crippen molar-refractivity contribution in [3.05, 3.63) is 191 Å². The molecule has 1 spiro atoms. The summed E-state index contributed by atoms with van der Waals surface area (Å²) in [4.78, 5) is 82.6. The number of aliphatic hydroxyl groups is 1. The van der Waals surface area contributed by atoms with Gasteiger partial charge in [-0.15, -0.1) is 0 Å². The van der Waals surface area contributed by atoms with Crippen LogP contribution < -0.4 is 31.3 Å². The number of morpholine rings is 1. The van der Waals surface area contributed by atoms with Gasteiger partial charge in [0.15, 0.2) is 5.13 Å². The lowest BCUT2D eigenvalue weighted by atomic mass is 9.65. The molecule has 6 amide bonds. The number of para-hydroxylation sites is 1. The van der Waals surface area contributed by atoms with Gasteiger partial charge in [-0.2, -0.15) is 0 Å². The summed E-state index contributed by atoms with van der Waals surface area (Å²) in [6, 6.07) is 41.8. The minimum absolute atomic E-state index is 0.0196. The molecule has 356 valence electrons. The van der Waals surface area contributed by atoms with Gasteiger partial charge in [-0.3, -0.25) is 19.3 Å². The Labute approximate surface area is 412 Å². The molecule has 0 bridgehead atoms. The molecule has 2 saturated heterocycles. The van der Waals surface area contributed by atoms with E-state index in [9.17, 15) is 9.90 Å². The number of nitrogens with two attached hydrogens (primary N) is 1. The van der Waals surface area contributed by atoms with Crippen LogP contribution in [-0.4, -0.2) is 70.6 Å². The molecule has 4 heterocycles. The third-order valence-electron chi connectivity index (χ3n) is 13.2. The molecule has 7 atom stereocenters. The molecule has 16 heteroatoms. The number of nitrogens with one attached hydrogen (secondary N) is 3. The highest BCUT2D eigenvalue weighted by Gasteiger charge is 2.75. The molecule has 7 aromatic rings. The Bertz CT molecular complexity index is 3190. The molecular formula is C55H47N7O8S. The van der Waals surface area contributed by atoms with Crippen LogP contribution in [0.15, 0.2) is 158 Å². The molecule has 10 rings (SSSR count). The van der Waals surface area contributed by atoms with Gasteiger partial charge in [0.05, 0.1) is 53.1 Å². The van der Waals surface area contributed by atoms with Gasteiger partial charge in [-0.1, -0.05) is 138 Å². The van der Waals surface area contributed by atoms with E-state index in [0.29, 0.717) is 28.0 Å². The summed E-state index contributed by atoms with van der Waals surface area (Å²) in [7, 11) is 0. The van der Waals surface area contributed by atoms with Crippen molar-refractivity contribution in [2.45, 2.75) is 42.6 Å². The van der Waals surface area contributed by atoms with Gasteiger partial charge in [0.25, 0.3) is 0 Å². The Kier molecular flexibility index (Phi) is 12.8. The van der Waals surface area contributed by atoms with Crippen molar-refractivity contribution in [1.82, 2.24) is 20.5 Å². The maximum Gasteiger partial charge on any atom is 0.329 e. The number of cyclic esters (lactones) is 1. The van der Waals surface area contributed by atoms with Gasteiger partial charge in [0.1, 0.15) is 29.9 Å². The van der Waals surface area contributed by atoms with Crippen LogP contribution in [0.1, 0.15) is 64.5 Å². The number of urea groups is 2. The lowest BCUT2D eigenvalue weighted by Crippen LogP contribution is -2.55. The van der Waals surface area contributed by atoms with Crippen LogP contribution in [0.25, 0.3) is 10.2 Å². The number of fused-ring (bicyclic) bond motifs is 4. The highest BCUT2D eigenvalue weighted by Crippen LogP contribution is 2.66. The number of esters is 1. The Hall–Kier alpha value is -8.36. The van der Waals surface area contributed by atoms with Gasteiger partial charge in [0, 0.05) is 5.56 Å². The Morgan fingerprint density at radius 3 is 2.21 bits per heavy atom. The standard InChI is InChI=1S/C55H47N7O8S/c1-33(35-15-5-2-6-16-35)58-54(68)61-42-28-23-34(14-13-29-57-52(56)67)32-40(42)55(51(61)66)44(49(64)60-53-59-41-21-11-12-22-43(41)71-53)46-50(65)70-47(37-19-9-4-10-20-37)45(36-17-7-3-8-18-36)62(46)48(55)38-24-26-39(27-25-38)69-31-30-63/h2-12,15-28,32-33,44-48,63H,29-31H2,1H3,(H,58,68)(H3,56,57,67)(H,59,60,64). The third kappa shape index (κ3) is 8.50. The molecule has 2 fully saturated rings. The van der Waals surface area contributed by atoms with Crippen molar-refractivity contribution in [3.63, 3.8) is 0 Å². The minimum atomic E-state index is -2.09. The molecular weight excluding hydrogens is 919 g/mol. The molecule has 15 nitrogen and oxygen atoms in total.